The molecule has 7 nitrogen and oxygen atoms in total. The first-order valence-electron chi connectivity index (χ1n) is 9.18. The average Bonchev–Trinajstić information content (AvgIpc) is 3.33. The van der Waals surface area contributed by atoms with E-state index in [1.165, 1.54) is 6.07 Å². The minimum atomic E-state index is -4.58. The molecule has 29 heavy (non-hydrogen) atoms. The molecular weight excluding hydrogens is 453 g/mol. The Hall–Kier alpha value is -2.43. The largest absolute Gasteiger partial charge is 0.433 e. The zero-order valence-electron chi connectivity index (χ0n) is 15.5. The predicted molar refractivity (Wildman–Crippen MR) is 102 cm³/mol. The Bertz CT molecular complexity index is 1050. The molecule has 154 valence electrons. The highest BCUT2D eigenvalue weighted by Crippen LogP contribution is 2.41. The zero-order valence-corrected chi connectivity index (χ0v) is 17.1. The number of amides is 1. The molecule has 0 unspecified atom stereocenters. The van der Waals surface area contributed by atoms with E-state index in [2.05, 4.69) is 36.4 Å². The maximum Gasteiger partial charge on any atom is 0.433 e. The van der Waals surface area contributed by atoms with Crippen molar-refractivity contribution in [1.82, 2.24) is 29.7 Å². The topological polar surface area (TPSA) is 77.1 Å². The van der Waals surface area contributed by atoms with Gasteiger partial charge in [-0.2, -0.15) is 23.4 Å². The number of nitrogens with zero attached hydrogens (tertiary/aromatic N) is 5. The Morgan fingerprint density at radius 2 is 2.07 bits per heavy atom. The molecule has 11 heteroatoms. The molecule has 1 amide bonds. The van der Waals surface area contributed by atoms with E-state index in [0.29, 0.717) is 29.7 Å². The summed E-state index contributed by atoms with van der Waals surface area (Å²) >= 11 is 3.38. The minimum Gasteiger partial charge on any atom is -0.351 e. The summed E-state index contributed by atoms with van der Waals surface area (Å²) in [5, 5.41) is 10.8. The molecule has 0 spiro atoms. The summed E-state index contributed by atoms with van der Waals surface area (Å²) in [4.78, 5) is 16.6. The highest BCUT2D eigenvalue weighted by molar-refractivity contribution is 9.10. The average molecular weight is 471 g/mol. The second-order valence-electron chi connectivity index (χ2n) is 7.07. The number of rotatable bonds is 6. The first-order chi connectivity index (χ1) is 13.7. The van der Waals surface area contributed by atoms with Crippen LogP contribution in [0.1, 0.15) is 52.8 Å². The molecule has 0 aromatic carbocycles. The lowest BCUT2D eigenvalue weighted by atomic mass is 10.2. The van der Waals surface area contributed by atoms with Gasteiger partial charge in [-0.25, -0.2) is 9.50 Å². The van der Waals surface area contributed by atoms with Crippen LogP contribution in [-0.4, -0.2) is 36.8 Å². The van der Waals surface area contributed by atoms with Crippen molar-refractivity contribution in [2.45, 2.75) is 44.8 Å². The van der Waals surface area contributed by atoms with Crippen LogP contribution in [0.3, 0.4) is 0 Å². The molecule has 4 rings (SSSR count). The number of aryl methyl sites for hydroxylation is 2. The molecule has 1 N–H and O–H groups in total. The van der Waals surface area contributed by atoms with Crippen molar-refractivity contribution in [2.75, 3.05) is 6.54 Å². The number of hydrogen-bond donors (Lipinski definition) is 1. The van der Waals surface area contributed by atoms with Crippen molar-refractivity contribution in [3.8, 4) is 0 Å². The molecule has 1 aliphatic rings. The molecule has 3 heterocycles. The number of carbonyl (C=O) groups is 1. The van der Waals surface area contributed by atoms with Crippen LogP contribution in [-0.2, 0) is 12.7 Å². The van der Waals surface area contributed by atoms with Gasteiger partial charge in [-0.3, -0.25) is 9.48 Å². The number of carbonyl (C=O) groups excluding carboxylic acids is 1. The van der Waals surface area contributed by atoms with Crippen molar-refractivity contribution in [1.29, 1.82) is 0 Å². The number of fused-ring (bicyclic) bond motifs is 1. The molecule has 0 atom stereocenters. The molecule has 0 radical (unpaired) electrons. The van der Waals surface area contributed by atoms with Crippen molar-refractivity contribution in [2.24, 2.45) is 0 Å². The van der Waals surface area contributed by atoms with Gasteiger partial charge in [0.05, 0.1) is 10.2 Å². The van der Waals surface area contributed by atoms with Crippen molar-refractivity contribution in [3.63, 3.8) is 0 Å². The first-order valence-corrected chi connectivity index (χ1v) is 9.97. The summed E-state index contributed by atoms with van der Waals surface area (Å²) in [6.45, 7) is 2.82. The van der Waals surface area contributed by atoms with Gasteiger partial charge in [0.1, 0.15) is 5.69 Å². The van der Waals surface area contributed by atoms with E-state index >= 15 is 0 Å². The van der Waals surface area contributed by atoms with Crippen molar-refractivity contribution >= 4 is 27.5 Å². The lowest BCUT2D eigenvalue weighted by Gasteiger charge is -2.10. The predicted octanol–water partition coefficient (Wildman–Crippen LogP) is 3.71. The maximum atomic E-state index is 13.4. The van der Waals surface area contributed by atoms with Gasteiger partial charge in [-0.05, 0) is 48.2 Å². The summed E-state index contributed by atoms with van der Waals surface area (Å²) in [7, 11) is 0. The third-order valence-electron chi connectivity index (χ3n) is 4.70. The van der Waals surface area contributed by atoms with E-state index in [1.54, 1.807) is 4.68 Å². The van der Waals surface area contributed by atoms with E-state index in [0.717, 1.165) is 29.1 Å². The van der Waals surface area contributed by atoms with Gasteiger partial charge in [0.15, 0.2) is 11.3 Å². The fraction of sp³-hybridized carbons (Fsp3) is 0.444. The van der Waals surface area contributed by atoms with Crippen LogP contribution >= 0.6 is 15.9 Å². The summed E-state index contributed by atoms with van der Waals surface area (Å²) in [6, 6.07) is 2.33. The summed E-state index contributed by atoms with van der Waals surface area (Å²) in [6.07, 6.45) is -0.463. The third-order valence-corrected chi connectivity index (χ3v) is 5.48. The molecule has 3 aromatic heterocycles. The Labute approximate surface area is 172 Å². The van der Waals surface area contributed by atoms with Gasteiger partial charge >= 0.3 is 6.18 Å². The Kier molecular flexibility index (Phi) is 5.09. The maximum absolute atomic E-state index is 13.4. The molecule has 0 aliphatic heterocycles. The molecular formula is C18H18BrF3N6O. The van der Waals surface area contributed by atoms with Gasteiger partial charge in [0, 0.05) is 37.0 Å². The number of hydrogen-bond acceptors (Lipinski definition) is 4. The summed E-state index contributed by atoms with van der Waals surface area (Å²) in [5.41, 5.74) is 0.301. The number of alkyl halides is 3. The van der Waals surface area contributed by atoms with Crippen LogP contribution in [0.4, 0.5) is 13.2 Å². The molecule has 1 aliphatic carbocycles. The summed E-state index contributed by atoms with van der Waals surface area (Å²) < 4.78 is 43.7. The smallest absolute Gasteiger partial charge is 0.351 e. The molecule has 0 saturated heterocycles. The first kappa shape index (κ1) is 19.9. The highest BCUT2D eigenvalue weighted by atomic mass is 79.9. The fourth-order valence-electron chi connectivity index (χ4n) is 3.04. The van der Waals surface area contributed by atoms with E-state index < -0.39 is 17.8 Å². The standard InChI is InChI=1S/C18H18BrF3N6O/c1-10-12(19)9-27(25-10)6-2-5-23-17(29)14-8-16-24-13(11-3-4-11)7-15(18(20,21)22)28(16)26-14/h7-9,11H,2-6H2,1H3,(H,23,29). The minimum absolute atomic E-state index is 0.0312. The summed E-state index contributed by atoms with van der Waals surface area (Å²) in [5.74, 6) is -0.478. The lowest BCUT2D eigenvalue weighted by Crippen LogP contribution is -2.26. The molecule has 0 bridgehead atoms. The van der Waals surface area contributed by atoms with Crippen LogP contribution in [0.5, 0.6) is 0 Å². The number of nitrogens with one attached hydrogen (secondary N) is 1. The van der Waals surface area contributed by atoms with Gasteiger partial charge in [0.2, 0.25) is 0 Å². The second kappa shape index (κ2) is 7.43. The van der Waals surface area contributed by atoms with Crippen LogP contribution in [0, 0.1) is 6.92 Å². The van der Waals surface area contributed by atoms with Gasteiger partial charge in [-0.15, -0.1) is 0 Å². The molecule has 1 fully saturated rings. The van der Waals surface area contributed by atoms with Crippen molar-refractivity contribution in [3.05, 3.63) is 45.6 Å². The van der Waals surface area contributed by atoms with Crippen LogP contribution in [0.15, 0.2) is 22.8 Å². The van der Waals surface area contributed by atoms with Crippen LogP contribution in [0.25, 0.3) is 5.65 Å². The quantitative estimate of drug-likeness (QED) is 0.557. The fourth-order valence-corrected chi connectivity index (χ4v) is 3.35. The van der Waals surface area contributed by atoms with E-state index in [9.17, 15) is 18.0 Å². The lowest BCUT2D eigenvalue weighted by molar-refractivity contribution is -0.142. The monoisotopic (exact) mass is 470 g/mol. The Morgan fingerprint density at radius 1 is 1.31 bits per heavy atom. The third kappa shape index (κ3) is 4.29. The van der Waals surface area contributed by atoms with E-state index in [1.807, 2.05) is 13.1 Å². The second-order valence-corrected chi connectivity index (χ2v) is 7.93. The number of halogens is 4. The Morgan fingerprint density at radius 3 is 2.69 bits per heavy atom. The van der Waals surface area contributed by atoms with Gasteiger partial charge in [0.25, 0.3) is 5.91 Å². The van der Waals surface area contributed by atoms with Gasteiger partial charge < -0.3 is 5.32 Å². The zero-order chi connectivity index (χ0) is 20.8. The molecule has 1 saturated carbocycles. The number of aromatic nitrogens is 5. The Balaban J connectivity index is 1.46. The van der Waals surface area contributed by atoms with E-state index in [-0.39, 0.29) is 17.3 Å². The van der Waals surface area contributed by atoms with Crippen molar-refractivity contribution < 1.29 is 18.0 Å². The van der Waals surface area contributed by atoms with Crippen LogP contribution < -0.4 is 5.32 Å². The normalized spacial score (nSPS) is 14.5. The van der Waals surface area contributed by atoms with Gasteiger partial charge in [-0.1, -0.05) is 0 Å². The SMILES string of the molecule is Cc1nn(CCCNC(=O)c2cc3nc(C4CC4)cc(C(F)(F)F)n3n2)cc1Br. The highest BCUT2D eigenvalue weighted by Gasteiger charge is 2.37. The van der Waals surface area contributed by atoms with Crippen LogP contribution in [0.2, 0.25) is 0 Å². The van der Waals surface area contributed by atoms with E-state index in [4.69, 9.17) is 0 Å². The molecule has 3 aromatic rings.